The molecule has 6 rings (SSSR count). The van der Waals surface area contributed by atoms with Gasteiger partial charge in [0.05, 0.1) is 22.1 Å². The molecule has 0 atom stereocenters. The van der Waals surface area contributed by atoms with Gasteiger partial charge in [0, 0.05) is 35.3 Å². The van der Waals surface area contributed by atoms with Gasteiger partial charge in [-0.25, -0.2) is 4.98 Å². The van der Waals surface area contributed by atoms with Crippen LogP contribution in [0.25, 0.3) is 50.3 Å². The summed E-state index contributed by atoms with van der Waals surface area (Å²) in [5, 5.41) is 2.08. The van der Waals surface area contributed by atoms with E-state index in [9.17, 15) is 0 Å². The van der Waals surface area contributed by atoms with Gasteiger partial charge in [0.15, 0.2) is 0 Å². The van der Waals surface area contributed by atoms with Crippen LogP contribution >= 0.6 is 0 Å². The van der Waals surface area contributed by atoms with Gasteiger partial charge >= 0.3 is 0 Å². The van der Waals surface area contributed by atoms with Crippen LogP contribution in [0.2, 0.25) is 0 Å². The van der Waals surface area contributed by atoms with Crippen LogP contribution in [0.4, 0.5) is 0 Å². The van der Waals surface area contributed by atoms with E-state index in [0.29, 0.717) is 6.54 Å². The van der Waals surface area contributed by atoms with Crippen LogP contribution in [0.1, 0.15) is 11.1 Å². The molecule has 0 spiro atoms. The number of rotatable bonds is 4. The number of pyridine rings is 2. The van der Waals surface area contributed by atoms with Crippen LogP contribution in [0.3, 0.4) is 0 Å². The molecule has 3 heterocycles. The first kappa shape index (κ1) is 18.5. The largest absolute Gasteiger partial charge is 0.319 e. The Balaban J connectivity index is 1.72. The lowest BCUT2D eigenvalue weighted by molar-refractivity contribution is 0.836. The molecule has 32 heavy (non-hydrogen) atoms. The van der Waals surface area contributed by atoms with E-state index in [0.717, 1.165) is 49.8 Å². The number of benzene rings is 3. The molecule has 0 fully saturated rings. The van der Waals surface area contributed by atoms with Gasteiger partial charge in [-0.2, -0.15) is 0 Å². The summed E-state index contributed by atoms with van der Waals surface area (Å²) < 4.78 is 2.31. The Bertz CT molecular complexity index is 1600. The lowest BCUT2D eigenvalue weighted by atomic mass is 10.1. The maximum Gasteiger partial charge on any atom is 0.141 e. The fourth-order valence-electron chi connectivity index (χ4n) is 4.39. The molecule has 0 radical (unpaired) electrons. The van der Waals surface area contributed by atoms with E-state index in [1.54, 1.807) is 0 Å². The van der Waals surface area contributed by atoms with Gasteiger partial charge < -0.3 is 4.57 Å². The zero-order valence-electron chi connectivity index (χ0n) is 17.4. The number of hydrogen-bond acceptors (Lipinski definition) is 3. The molecule has 0 unspecified atom stereocenters. The van der Waals surface area contributed by atoms with Crippen LogP contribution < -0.4 is 0 Å². The Kier molecular flexibility index (Phi) is 4.29. The Morgan fingerprint density at radius 3 is 2.12 bits per heavy atom. The minimum atomic E-state index is 0.702. The molecular formula is C28H20N4. The molecule has 0 N–H and O–H groups in total. The highest BCUT2D eigenvalue weighted by molar-refractivity contribution is 6.21. The molecule has 3 aromatic heterocycles. The third-order valence-corrected chi connectivity index (χ3v) is 5.91. The van der Waals surface area contributed by atoms with E-state index in [1.807, 2.05) is 36.7 Å². The highest BCUT2D eigenvalue weighted by Crippen LogP contribution is 2.36. The van der Waals surface area contributed by atoms with E-state index in [4.69, 9.17) is 9.97 Å². The Labute approximate surface area is 185 Å². The number of nitrogens with zero attached hydrogens (tertiary/aromatic N) is 4. The molecule has 152 valence electrons. The van der Waals surface area contributed by atoms with Gasteiger partial charge in [-0.1, -0.05) is 67.3 Å². The minimum Gasteiger partial charge on any atom is -0.319 e. The molecule has 3 aromatic carbocycles. The normalized spacial score (nSPS) is 11.4. The highest BCUT2D eigenvalue weighted by Gasteiger charge is 2.19. The van der Waals surface area contributed by atoms with E-state index in [2.05, 4.69) is 76.8 Å². The second-order valence-corrected chi connectivity index (χ2v) is 7.83. The third-order valence-electron chi connectivity index (χ3n) is 5.91. The summed E-state index contributed by atoms with van der Waals surface area (Å²) in [5.41, 5.74) is 7.22. The van der Waals surface area contributed by atoms with Crippen molar-refractivity contribution < 1.29 is 0 Å². The molecule has 0 saturated heterocycles. The molecule has 0 bridgehead atoms. The molecule has 0 saturated carbocycles. The summed E-state index contributed by atoms with van der Waals surface area (Å²) in [6, 6.07) is 27.0. The molecule has 0 aliphatic rings. The molecule has 0 amide bonds. The van der Waals surface area contributed by atoms with Crippen LogP contribution in [-0.4, -0.2) is 19.5 Å². The molecule has 0 aliphatic heterocycles. The summed E-state index contributed by atoms with van der Waals surface area (Å²) in [5.74, 6) is 0.940. The maximum absolute atomic E-state index is 5.17. The number of imidazole rings is 1. The van der Waals surface area contributed by atoms with Crippen molar-refractivity contribution in [2.75, 3.05) is 0 Å². The van der Waals surface area contributed by atoms with Crippen LogP contribution in [-0.2, 0) is 6.54 Å². The van der Waals surface area contributed by atoms with Crippen molar-refractivity contribution in [3.63, 3.8) is 0 Å². The fraction of sp³-hybridized carbons (Fsp3) is 0.0357. The monoisotopic (exact) mass is 412 g/mol. The lowest BCUT2D eigenvalue weighted by Gasteiger charge is -2.12. The lowest BCUT2D eigenvalue weighted by Crippen LogP contribution is -2.03. The van der Waals surface area contributed by atoms with Gasteiger partial charge in [-0.05, 0) is 35.4 Å². The summed E-state index contributed by atoms with van der Waals surface area (Å²) in [6.45, 7) is 4.57. The number of hydrogen-bond donors (Lipinski definition) is 0. The van der Waals surface area contributed by atoms with E-state index in [-0.39, 0.29) is 0 Å². The topological polar surface area (TPSA) is 43.6 Å². The van der Waals surface area contributed by atoms with Crippen molar-refractivity contribution in [2.45, 2.75) is 6.54 Å². The molecule has 0 aliphatic carbocycles. The van der Waals surface area contributed by atoms with Gasteiger partial charge in [0.25, 0.3) is 0 Å². The summed E-state index contributed by atoms with van der Waals surface area (Å²) in [7, 11) is 0. The third kappa shape index (κ3) is 2.88. The number of fused-ring (bicyclic) bond motifs is 6. The van der Waals surface area contributed by atoms with E-state index >= 15 is 0 Å². The molecule has 4 heteroatoms. The SMILES string of the molecule is C=Cc1ccc(Cn2c(-c3ccccc3)nc3c4cccnc4c4ncccc4c32)cc1. The zero-order chi connectivity index (χ0) is 21.5. The molecule has 4 nitrogen and oxygen atoms in total. The van der Waals surface area contributed by atoms with Crippen molar-refractivity contribution in [3.8, 4) is 11.4 Å². The quantitative estimate of drug-likeness (QED) is 0.311. The van der Waals surface area contributed by atoms with Gasteiger partial charge in [-0.3, -0.25) is 9.97 Å². The van der Waals surface area contributed by atoms with E-state index in [1.165, 1.54) is 5.56 Å². The van der Waals surface area contributed by atoms with E-state index < -0.39 is 0 Å². The first-order valence-electron chi connectivity index (χ1n) is 10.6. The van der Waals surface area contributed by atoms with Gasteiger partial charge in [0.1, 0.15) is 5.82 Å². The van der Waals surface area contributed by atoms with Crippen molar-refractivity contribution in [1.29, 1.82) is 0 Å². The molecule has 6 aromatic rings. The average molecular weight is 412 g/mol. The Hall–Kier alpha value is -4.31. The smallest absolute Gasteiger partial charge is 0.141 e. The van der Waals surface area contributed by atoms with Crippen LogP contribution in [0, 0.1) is 0 Å². The van der Waals surface area contributed by atoms with Crippen LogP contribution in [0.15, 0.2) is 97.8 Å². The molecular weight excluding hydrogens is 392 g/mol. The highest BCUT2D eigenvalue weighted by atomic mass is 15.1. The predicted molar refractivity (Wildman–Crippen MR) is 131 cm³/mol. The standard InChI is InChI=1S/C28H20N4/c1-2-19-12-14-20(15-13-19)18-32-27-23-11-7-17-30-25(23)24-22(10-6-16-29-24)26(27)31-28(32)21-8-4-3-5-9-21/h2-17H,1,18H2. The van der Waals surface area contributed by atoms with Crippen molar-refractivity contribution >= 4 is 38.9 Å². The van der Waals surface area contributed by atoms with Gasteiger partial charge in [-0.15, -0.1) is 0 Å². The Morgan fingerprint density at radius 1 is 0.719 bits per heavy atom. The first-order valence-corrected chi connectivity index (χ1v) is 10.6. The summed E-state index contributed by atoms with van der Waals surface area (Å²) >= 11 is 0. The average Bonchev–Trinajstić information content (AvgIpc) is 3.25. The Morgan fingerprint density at radius 2 is 1.41 bits per heavy atom. The maximum atomic E-state index is 5.17. The van der Waals surface area contributed by atoms with Crippen molar-refractivity contribution in [1.82, 2.24) is 19.5 Å². The fourth-order valence-corrected chi connectivity index (χ4v) is 4.39. The predicted octanol–water partition coefficient (Wildman–Crippen LogP) is 6.49. The summed E-state index contributed by atoms with van der Waals surface area (Å²) in [6.07, 6.45) is 5.51. The second-order valence-electron chi connectivity index (χ2n) is 7.83. The zero-order valence-corrected chi connectivity index (χ0v) is 17.4. The minimum absolute atomic E-state index is 0.702. The second kappa shape index (κ2) is 7.43. The van der Waals surface area contributed by atoms with Crippen molar-refractivity contribution in [3.05, 3.63) is 109 Å². The van der Waals surface area contributed by atoms with Gasteiger partial charge in [0.2, 0.25) is 0 Å². The van der Waals surface area contributed by atoms with Crippen LogP contribution in [0.5, 0.6) is 0 Å². The first-order chi connectivity index (χ1) is 15.8. The van der Waals surface area contributed by atoms with Crippen molar-refractivity contribution in [2.24, 2.45) is 0 Å². The number of aromatic nitrogens is 4. The summed E-state index contributed by atoms with van der Waals surface area (Å²) in [4.78, 5) is 14.5.